The van der Waals surface area contributed by atoms with Crippen molar-refractivity contribution < 1.29 is 9.18 Å². The van der Waals surface area contributed by atoms with Crippen LogP contribution in [0, 0.1) is 5.82 Å². The third kappa shape index (κ3) is 3.67. The summed E-state index contributed by atoms with van der Waals surface area (Å²) in [5.74, 6) is -0.113. The maximum Gasteiger partial charge on any atom is 0.225 e. The lowest BCUT2D eigenvalue weighted by Gasteiger charge is -2.07. The summed E-state index contributed by atoms with van der Waals surface area (Å²) in [6, 6.07) is 3.84. The lowest BCUT2D eigenvalue weighted by atomic mass is 10.2. The fourth-order valence-electron chi connectivity index (χ4n) is 1.44. The second kappa shape index (κ2) is 6.33. The number of nitrogens with two attached hydrogens (primary N) is 1. The molecule has 1 heterocycles. The molecule has 2 rings (SSSR count). The first-order valence-electron chi connectivity index (χ1n) is 5.76. The molecule has 0 unspecified atom stereocenters. The molecule has 3 N–H and O–H groups in total. The lowest BCUT2D eigenvalue weighted by molar-refractivity contribution is -0.115. The first-order valence-corrected chi connectivity index (χ1v) is 6.75. The number of aryl methyl sites for hydroxylation is 1. The van der Waals surface area contributed by atoms with E-state index in [4.69, 9.17) is 5.73 Å². The number of benzene rings is 1. The number of rotatable bonds is 5. The number of hydrogen-bond donors (Lipinski definition) is 2. The molecule has 0 bridgehead atoms. The third-order valence-electron chi connectivity index (χ3n) is 2.43. The van der Waals surface area contributed by atoms with E-state index in [1.165, 1.54) is 28.6 Å². The fraction of sp³-hybridized carbons (Fsp3) is 0.273. The first kappa shape index (κ1) is 14.3. The average molecular weight is 296 g/mol. The van der Waals surface area contributed by atoms with E-state index in [0.717, 1.165) is 6.07 Å². The van der Waals surface area contributed by atoms with Gasteiger partial charge in [0, 0.05) is 19.2 Å². The molecule has 0 aliphatic rings. The van der Waals surface area contributed by atoms with Crippen LogP contribution in [0.15, 0.2) is 23.4 Å². The number of nitrogen functional groups attached to an aromatic ring is 1. The molecule has 0 saturated carbocycles. The highest BCUT2D eigenvalue weighted by Gasteiger charge is 2.08. The van der Waals surface area contributed by atoms with Crippen molar-refractivity contribution in [2.45, 2.75) is 11.6 Å². The van der Waals surface area contributed by atoms with Crippen molar-refractivity contribution in [1.82, 2.24) is 20.2 Å². The summed E-state index contributed by atoms with van der Waals surface area (Å²) in [6.45, 7) is 0. The summed E-state index contributed by atoms with van der Waals surface area (Å²) in [5, 5.41) is 14.2. The molecule has 0 saturated heterocycles. The van der Waals surface area contributed by atoms with Crippen molar-refractivity contribution in [2.24, 2.45) is 7.05 Å². The van der Waals surface area contributed by atoms with Crippen LogP contribution in [-0.2, 0) is 11.8 Å². The van der Waals surface area contributed by atoms with E-state index in [9.17, 15) is 9.18 Å². The number of tetrazole rings is 1. The first-order chi connectivity index (χ1) is 9.56. The number of anilines is 2. The van der Waals surface area contributed by atoms with Gasteiger partial charge in [0.15, 0.2) is 0 Å². The van der Waals surface area contributed by atoms with Crippen molar-refractivity contribution in [3.63, 3.8) is 0 Å². The SMILES string of the molecule is Cn1nnnc1SCCC(=O)Nc1ccc(F)cc1N. The summed E-state index contributed by atoms with van der Waals surface area (Å²) in [7, 11) is 1.72. The van der Waals surface area contributed by atoms with E-state index in [-0.39, 0.29) is 18.0 Å². The Morgan fingerprint density at radius 2 is 2.35 bits per heavy atom. The molecule has 7 nitrogen and oxygen atoms in total. The third-order valence-corrected chi connectivity index (χ3v) is 3.44. The zero-order valence-corrected chi connectivity index (χ0v) is 11.5. The van der Waals surface area contributed by atoms with Gasteiger partial charge in [-0.3, -0.25) is 4.79 Å². The van der Waals surface area contributed by atoms with Gasteiger partial charge in [0.2, 0.25) is 11.1 Å². The standard InChI is InChI=1S/C11H13FN6OS/c1-18-11(15-16-17-18)20-5-4-10(19)14-9-3-2-7(12)6-8(9)13/h2-3,6H,4-5,13H2,1H3,(H,14,19). The molecule has 1 aromatic carbocycles. The van der Waals surface area contributed by atoms with Crippen molar-refractivity contribution in [3.8, 4) is 0 Å². The Balaban J connectivity index is 1.82. The normalized spacial score (nSPS) is 10.5. The minimum absolute atomic E-state index is 0.198. The van der Waals surface area contributed by atoms with E-state index >= 15 is 0 Å². The highest BCUT2D eigenvalue weighted by molar-refractivity contribution is 7.99. The predicted octanol–water partition coefficient (Wildman–Crippen LogP) is 1.05. The van der Waals surface area contributed by atoms with Crippen molar-refractivity contribution >= 4 is 29.0 Å². The minimum Gasteiger partial charge on any atom is -0.397 e. The number of carbonyl (C=O) groups excluding carboxylic acids is 1. The number of nitrogens with zero attached hydrogens (tertiary/aromatic N) is 4. The predicted molar refractivity (Wildman–Crippen MR) is 73.6 cm³/mol. The van der Waals surface area contributed by atoms with Crippen LogP contribution in [0.2, 0.25) is 0 Å². The van der Waals surface area contributed by atoms with Crippen molar-refractivity contribution in [3.05, 3.63) is 24.0 Å². The van der Waals surface area contributed by atoms with Crippen LogP contribution in [0.25, 0.3) is 0 Å². The molecule has 0 radical (unpaired) electrons. The Morgan fingerprint density at radius 3 is 3.00 bits per heavy atom. The number of halogens is 1. The number of carbonyl (C=O) groups is 1. The quantitative estimate of drug-likeness (QED) is 0.632. The monoisotopic (exact) mass is 296 g/mol. The molecule has 2 aromatic rings. The molecule has 0 aliphatic carbocycles. The Kier molecular flexibility index (Phi) is 4.51. The Bertz CT molecular complexity index is 617. The summed E-state index contributed by atoms with van der Waals surface area (Å²) in [5.41, 5.74) is 6.21. The molecule has 1 amide bonds. The van der Waals surface area contributed by atoms with Crippen LogP contribution in [0.1, 0.15) is 6.42 Å². The van der Waals surface area contributed by atoms with Gasteiger partial charge in [0.1, 0.15) is 5.82 Å². The number of aromatic nitrogens is 4. The molecule has 106 valence electrons. The van der Waals surface area contributed by atoms with Crippen LogP contribution in [-0.4, -0.2) is 31.9 Å². The summed E-state index contributed by atoms with van der Waals surface area (Å²) in [4.78, 5) is 11.7. The van der Waals surface area contributed by atoms with E-state index in [0.29, 0.717) is 16.6 Å². The molecule has 0 atom stereocenters. The van der Waals surface area contributed by atoms with Gasteiger partial charge in [-0.1, -0.05) is 11.8 Å². The molecular formula is C11H13FN6OS. The maximum absolute atomic E-state index is 12.9. The van der Waals surface area contributed by atoms with Crippen LogP contribution >= 0.6 is 11.8 Å². The highest BCUT2D eigenvalue weighted by atomic mass is 32.2. The summed E-state index contributed by atoms with van der Waals surface area (Å²) < 4.78 is 14.4. The van der Waals surface area contributed by atoms with E-state index in [1.54, 1.807) is 7.05 Å². The fourth-order valence-corrected chi connectivity index (χ4v) is 2.23. The molecule has 0 fully saturated rings. The topological polar surface area (TPSA) is 98.7 Å². The largest absolute Gasteiger partial charge is 0.397 e. The lowest BCUT2D eigenvalue weighted by Crippen LogP contribution is -2.13. The molecule has 20 heavy (non-hydrogen) atoms. The Morgan fingerprint density at radius 1 is 1.55 bits per heavy atom. The van der Waals surface area contributed by atoms with Crippen molar-refractivity contribution in [1.29, 1.82) is 0 Å². The number of hydrogen-bond acceptors (Lipinski definition) is 6. The van der Waals surface area contributed by atoms with Gasteiger partial charge in [0.05, 0.1) is 11.4 Å². The van der Waals surface area contributed by atoms with Gasteiger partial charge in [0.25, 0.3) is 0 Å². The second-order valence-electron chi connectivity index (χ2n) is 3.96. The van der Waals surface area contributed by atoms with E-state index in [2.05, 4.69) is 20.8 Å². The van der Waals surface area contributed by atoms with Gasteiger partial charge < -0.3 is 11.1 Å². The molecule has 9 heteroatoms. The molecule has 1 aromatic heterocycles. The Hall–Kier alpha value is -2.16. The van der Waals surface area contributed by atoms with Gasteiger partial charge >= 0.3 is 0 Å². The van der Waals surface area contributed by atoms with Gasteiger partial charge in [-0.05, 0) is 28.6 Å². The zero-order valence-electron chi connectivity index (χ0n) is 10.7. The van der Waals surface area contributed by atoms with Crippen LogP contribution < -0.4 is 11.1 Å². The number of amides is 1. The Labute approximate surface area is 118 Å². The van der Waals surface area contributed by atoms with Gasteiger partial charge in [-0.2, -0.15) is 0 Å². The summed E-state index contributed by atoms with van der Waals surface area (Å²) in [6.07, 6.45) is 0.272. The second-order valence-corrected chi connectivity index (χ2v) is 5.03. The summed E-state index contributed by atoms with van der Waals surface area (Å²) >= 11 is 1.37. The van der Waals surface area contributed by atoms with Crippen LogP contribution in [0.4, 0.5) is 15.8 Å². The molecular weight excluding hydrogens is 283 g/mol. The minimum atomic E-state index is -0.439. The van der Waals surface area contributed by atoms with Gasteiger partial charge in [-0.15, -0.1) is 5.10 Å². The van der Waals surface area contributed by atoms with Crippen molar-refractivity contribution in [2.75, 3.05) is 16.8 Å². The molecule has 0 spiro atoms. The molecule has 0 aliphatic heterocycles. The number of nitrogens with one attached hydrogen (secondary N) is 1. The van der Waals surface area contributed by atoms with Gasteiger partial charge in [-0.25, -0.2) is 9.07 Å². The van der Waals surface area contributed by atoms with Crippen LogP contribution in [0.3, 0.4) is 0 Å². The van der Waals surface area contributed by atoms with E-state index < -0.39 is 5.82 Å². The highest BCUT2D eigenvalue weighted by Crippen LogP contribution is 2.20. The zero-order chi connectivity index (χ0) is 14.5. The maximum atomic E-state index is 12.9. The van der Waals surface area contributed by atoms with E-state index in [1.807, 2.05) is 0 Å². The van der Waals surface area contributed by atoms with Crippen LogP contribution in [0.5, 0.6) is 0 Å². The smallest absolute Gasteiger partial charge is 0.225 e. The average Bonchev–Trinajstić information content (AvgIpc) is 2.79. The number of thioether (sulfide) groups is 1.